The van der Waals surface area contributed by atoms with Crippen molar-refractivity contribution in [2.45, 2.75) is 33.6 Å². The molecule has 3 fully saturated rings. The van der Waals surface area contributed by atoms with Crippen LogP contribution in [-0.2, 0) is 0 Å². The fourth-order valence-electron chi connectivity index (χ4n) is 2.89. The molecule has 0 saturated heterocycles. The summed E-state index contributed by atoms with van der Waals surface area (Å²) in [6, 6.07) is 0. The van der Waals surface area contributed by atoms with Gasteiger partial charge in [0.1, 0.15) is 0 Å². The largest absolute Gasteiger partial charge is 0.0619 e. The highest BCUT2D eigenvalue weighted by Gasteiger charge is 2.52. The molecule has 0 amide bonds. The van der Waals surface area contributed by atoms with Gasteiger partial charge >= 0.3 is 0 Å². The number of hydrogen-bond donors (Lipinski definition) is 0. The predicted octanol–water partition coefficient (Wildman–Crippen LogP) is 2.89. The van der Waals surface area contributed by atoms with Gasteiger partial charge in [0.15, 0.2) is 0 Å². The summed E-state index contributed by atoms with van der Waals surface area (Å²) in [6.45, 7) is 7.26. The molecular formula is C10H17. The Morgan fingerprint density at radius 3 is 2.40 bits per heavy atom. The summed E-state index contributed by atoms with van der Waals surface area (Å²) in [6.07, 6.45) is 5.40. The van der Waals surface area contributed by atoms with Crippen molar-refractivity contribution in [1.82, 2.24) is 0 Å². The molecule has 3 aliphatic rings. The van der Waals surface area contributed by atoms with Crippen molar-refractivity contribution in [3.8, 4) is 0 Å². The first-order valence-electron chi connectivity index (χ1n) is 4.45. The topological polar surface area (TPSA) is 0 Å². The monoisotopic (exact) mass is 137 g/mol. The van der Waals surface area contributed by atoms with E-state index in [9.17, 15) is 0 Å². The van der Waals surface area contributed by atoms with Gasteiger partial charge in [0, 0.05) is 0 Å². The molecule has 3 saturated carbocycles. The van der Waals surface area contributed by atoms with Crippen molar-refractivity contribution in [3.63, 3.8) is 0 Å². The first-order chi connectivity index (χ1) is 4.62. The van der Waals surface area contributed by atoms with Crippen molar-refractivity contribution in [3.05, 3.63) is 6.42 Å². The van der Waals surface area contributed by atoms with Crippen LogP contribution in [0.2, 0.25) is 0 Å². The zero-order valence-electron chi connectivity index (χ0n) is 7.22. The van der Waals surface area contributed by atoms with Gasteiger partial charge in [-0.05, 0) is 42.4 Å². The summed E-state index contributed by atoms with van der Waals surface area (Å²) in [5, 5.41) is 0. The lowest BCUT2D eigenvalue weighted by Gasteiger charge is -2.59. The lowest BCUT2D eigenvalue weighted by Crippen LogP contribution is -2.51. The zero-order chi connectivity index (χ0) is 7.35. The van der Waals surface area contributed by atoms with E-state index in [2.05, 4.69) is 27.2 Å². The predicted molar refractivity (Wildman–Crippen MR) is 43.5 cm³/mol. The molecule has 0 aromatic carbocycles. The van der Waals surface area contributed by atoms with Gasteiger partial charge in [-0.3, -0.25) is 0 Å². The van der Waals surface area contributed by atoms with Crippen LogP contribution >= 0.6 is 0 Å². The standard InChI is InChI=1S/C10H17/c1-7-4-5-8-6-9(7)10(8,2)3/h4,7-9H,5-6H2,1-3H3/t7?,8-,9+/m1/s1. The molecule has 0 heteroatoms. The minimum atomic E-state index is 0.675. The fourth-order valence-corrected chi connectivity index (χ4v) is 2.89. The van der Waals surface area contributed by atoms with E-state index in [1.165, 1.54) is 12.8 Å². The van der Waals surface area contributed by atoms with Gasteiger partial charge < -0.3 is 0 Å². The van der Waals surface area contributed by atoms with Crippen molar-refractivity contribution in [1.29, 1.82) is 0 Å². The van der Waals surface area contributed by atoms with E-state index in [1.807, 2.05) is 0 Å². The van der Waals surface area contributed by atoms with Gasteiger partial charge in [0.05, 0.1) is 0 Å². The normalized spacial score (nSPS) is 50.1. The Hall–Kier alpha value is 0. The highest BCUT2D eigenvalue weighted by Crippen LogP contribution is 2.60. The lowest BCUT2D eigenvalue weighted by atomic mass is 9.46. The minimum Gasteiger partial charge on any atom is -0.0619 e. The lowest BCUT2D eigenvalue weighted by molar-refractivity contribution is -0.0750. The average Bonchev–Trinajstić information content (AvgIpc) is 1.87. The summed E-state index contributed by atoms with van der Waals surface area (Å²) < 4.78 is 0. The van der Waals surface area contributed by atoms with Crippen LogP contribution in [-0.4, -0.2) is 0 Å². The second-order valence-corrected chi connectivity index (χ2v) is 4.69. The summed E-state index contributed by atoms with van der Waals surface area (Å²) in [7, 11) is 0. The maximum Gasteiger partial charge on any atom is -0.0295 e. The van der Waals surface area contributed by atoms with Gasteiger partial charge in [-0.2, -0.15) is 0 Å². The Balaban J connectivity index is 2.16. The zero-order valence-corrected chi connectivity index (χ0v) is 7.22. The molecule has 0 heterocycles. The van der Waals surface area contributed by atoms with E-state index in [-0.39, 0.29) is 0 Å². The van der Waals surface area contributed by atoms with Crippen molar-refractivity contribution in [2.75, 3.05) is 0 Å². The summed E-state index contributed by atoms with van der Waals surface area (Å²) in [4.78, 5) is 0. The Kier molecular flexibility index (Phi) is 1.19. The van der Waals surface area contributed by atoms with Crippen molar-refractivity contribution >= 4 is 0 Å². The molecule has 3 rings (SSSR count). The third-order valence-corrected chi connectivity index (χ3v) is 3.97. The fraction of sp³-hybridized carbons (Fsp3) is 0.900. The quantitative estimate of drug-likeness (QED) is 0.481. The van der Waals surface area contributed by atoms with Crippen LogP contribution in [0.4, 0.5) is 0 Å². The Morgan fingerprint density at radius 2 is 2.10 bits per heavy atom. The second kappa shape index (κ2) is 1.78. The highest BCUT2D eigenvalue weighted by atomic mass is 14.6. The first kappa shape index (κ1) is 6.69. The summed E-state index contributed by atoms with van der Waals surface area (Å²) in [5.74, 6) is 2.92. The van der Waals surface area contributed by atoms with Gasteiger partial charge in [-0.25, -0.2) is 0 Å². The van der Waals surface area contributed by atoms with E-state index >= 15 is 0 Å². The molecule has 57 valence electrons. The van der Waals surface area contributed by atoms with E-state index < -0.39 is 0 Å². The molecule has 0 aromatic rings. The molecule has 1 radical (unpaired) electrons. The Bertz CT molecular complexity index is 144. The van der Waals surface area contributed by atoms with E-state index in [1.54, 1.807) is 0 Å². The maximum atomic E-state index is 2.52. The van der Waals surface area contributed by atoms with Gasteiger partial charge in [-0.15, -0.1) is 0 Å². The molecule has 0 aromatic heterocycles. The van der Waals surface area contributed by atoms with Crippen LogP contribution < -0.4 is 0 Å². The molecule has 0 nitrogen and oxygen atoms in total. The van der Waals surface area contributed by atoms with E-state index in [4.69, 9.17) is 0 Å². The smallest absolute Gasteiger partial charge is 0.0295 e. The van der Waals surface area contributed by atoms with Crippen LogP contribution in [0, 0.1) is 29.6 Å². The molecule has 0 aliphatic heterocycles. The first-order valence-corrected chi connectivity index (χ1v) is 4.45. The Morgan fingerprint density at radius 1 is 1.40 bits per heavy atom. The van der Waals surface area contributed by atoms with E-state index in [0.717, 1.165) is 17.8 Å². The van der Waals surface area contributed by atoms with Gasteiger partial charge in [0.25, 0.3) is 0 Å². The summed E-state index contributed by atoms with van der Waals surface area (Å²) in [5.41, 5.74) is 0.675. The average molecular weight is 137 g/mol. The molecule has 0 N–H and O–H groups in total. The molecule has 0 spiro atoms. The molecule has 10 heavy (non-hydrogen) atoms. The molecule has 1 unspecified atom stereocenters. The van der Waals surface area contributed by atoms with E-state index in [0.29, 0.717) is 5.41 Å². The van der Waals surface area contributed by atoms with Crippen molar-refractivity contribution < 1.29 is 0 Å². The van der Waals surface area contributed by atoms with Crippen molar-refractivity contribution in [2.24, 2.45) is 23.2 Å². The third kappa shape index (κ3) is 0.627. The summed E-state index contributed by atoms with van der Waals surface area (Å²) >= 11 is 0. The van der Waals surface area contributed by atoms with Gasteiger partial charge in [0.2, 0.25) is 0 Å². The third-order valence-electron chi connectivity index (χ3n) is 3.97. The van der Waals surface area contributed by atoms with Crippen LogP contribution in [0.15, 0.2) is 0 Å². The molecular weight excluding hydrogens is 120 g/mol. The molecule has 2 bridgehead atoms. The molecule has 3 atom stereocenters. The molecule has 3 aliphatic carbocycles. The number of rotatable bonds is 0. The Labute approximate surface area is 64.0 Å². The van der Waals surface area contributed by atoms with Crippen LogP contribution in [0.25, 0.3) is 0 Å². The van der Waals surface area contributed by atoms with Crippen LogP contribution in [0.3, 0.4) is 0 Å². The SMILES string of the molecule is CC1[CH]C[C@@H]2C[C@@H]1C2(C)C. The number of fused-ring (bicyclic) bond motifs is 2. The highest BCUT2D eigenvalue weighted by molar-refractivity contribution is 5.07. The van der Waals surface area contributed by atoms with Gasteiger partial charge in [-0.1, -0.05) is 20.8 Å². The van der Waals surface area contributed by atoms with Crippen LogP contribution in [0.1, 0.15) is 33.6 Å². The number of hydrogen-bond acceptors (Lipinski definition) is 0. The van der Waals surface area contributed by atoms with Crippen LogP contribution in [0.5, 0.6) is 0 Å². The minimum absolute atomic E-state index is 0.675. The maximum absolute atomic E-state index is 2.52. The second-order valence-electron chi connectivity index (χ2n) is 4.69.